The van der Waals surface area contributed by atoms with E-state index in [2.05, 4.69) is 22.5 Å². The molecule has 0 atom stereocenters. The van der Waals surface area contributed by atoms with E-state index in [1.54, 1.807) is 6.92 Å². The molecule has 3 N–H and O–H groups in total. The van der Waals surface area contributed by atoms with Gasteiger partial charge in [0.15, 0.2) is 0 Å². The number of esters is 1. The van der Waals surface area contributed by atoms with E-state index in [1.807, 2.05) is 7.05 Å². The number of hydrogen-bond acceptors (Lipinski definition) is 4. The van der Waals surface area contributed by atoms with Gasteiger partial charge in [-0.2, -0.15) is 0 Å². The van der Waals surface area contributed by atoms with E-state index in [1.165, 1.54) is 0 Å². The van der Waals surface area contributed by atoms with Crippen molar-refractivity contribution in [3.63, 3.8) is 0 Å². The molecule has 0 radical (unpaired) electrons. The van der Waals surface area contributed by atoms with Crippen molar-refractivity contribution in [3.05, 3.63) is 12.2 Å². The molecule has 0 aromatic carbocycles. The van der Waals surface area contributed by atoms with Gasteiger partial charge >= 0.3 is 12.0 Å². The first-order valence-corrected chi connectivity index (χ1v) is 5.57. The zero-order valence-electron chi connectivity index (χ0n) is 10.5. The Morgan fingerprint density at radius 2 is 1.82 bits per heavy atom. The van der Waals surface area contributed by atoms with Gasteiger partial charge in [-0.1, -0.05) is 6.58 Å². The van der Waals surface area contributed by atoms with Gasteiger partial charge in [0, 0.05) is 12.1 Å². The predicted octanol–water partition coefficient (Wildman–Crippen LogP) is 0.0144. The lowest BCUT2D eigenvalue weighted by molar-refractivity contribution is -0.138. The van der Waals surface area contributed by atoms with Crippen molar-refractivity contribution in [1.82, 2.24) is 16.0 Å². The zero-order valence-corrected chi connectivity index (χ0v) is 10.5. The van der Waals surface area contributed by atoms with Crippen LogP contribution in [0.5, 0.6) is 0 Å². The number of amides is 2. The summed E-state index contributed by atoms with van der Waals surface area (Å²) in [6.45, 7) is 6.92. The molecule has 0 saturated heterocycles. The van der Waals surface area contributed by atoms with Crippen LogP contribution in [-0.4, -0.2) is 45.3 Å². The molecule has 0 aromatic heterocycles. The lowest BCUT2D eigenvalue weighted by Crippen LogP contribution is -2.38. The molecule has 0 saturated carbocycles. The highest BCUT2D eigenvalue weighted by atomic mass is 16.5. The summed E-state index contributed by atoms with van der Waals surface area (Å²) in [5.41, 5.74) is 0.349. The van der Waals surface area contributed by atoms with Crippen molar-refractivity contribution in [3.8, 4) is 0 Å². The van der Waals surface area contributed by atoms with Crippen molar-refractivity contribution < 1.29 is 14.3 Å². The third kappa shape index (κ3) is 9.37. The number of urea groups is 1. The van der Waals surface area contributed by atoms with Gasteiger partial charge in [0.05, 0.1) is 6.54 Å². The average molecular weight is 243 g/mol. The molecular weight excluding hydrogens is 222 g/mol. The van der Waals surface area contributed by atoms with Crippen LogP contribution in [0.3, 0.4) is 0 Å². The Kier molecular flexibility index (Phi) is 8.77. The lowest BCUT2D eigenvalue weighted by atomic mass is 10.4. The van der Waals surface area contributed by atoms with Crippen molar-refractivity contribution >= 4 is 12.0 Å². The number of rotatable bonds is 8. The summed E-state index contributed by atoms with van der Waals surface area (Å²) in [6.07, 6.45) is 0.870. The second kappa shape index (κ2) is 9.65. The number of carbonyl (C=O) groups excluding carboxylic acids is 2. The highest BCUT2D eigenvalue weighted by Gasteiger charge is 2.03. The molecule has 0 unspecified atom stereocenters. The number of nitrogens with one attached hydrogen (secondary N) is 3. The number of carbonyl (C=O) groups is 2. The minimum absolute atomic E-state index is 0.148. The molecule has 0 aromatic rings. The first-order valence-electron chi connectivity index (χ1n) is 5.57. The van der Waals surface area contributed by atoms with Crippen LogP contribution in [0.15, 0.2) is 12.2 Å². The summed E-state index contributed by atoms with van der Waals surface area (Å²) in [6, 6.07) is -0.257. The summed E-state index contributed by atoms with van der Waals surface area (Å²) in [5.74, 6) is -0.443. The summed E-state index contributed by atoms with van der Waals surface area (Å²) >= 11 is 0. The van der Waals surface area contributed by atoms with Crippen molar-refractivity contribution in [2.45, 2.75) is 13.3 Å². The molecule has 6 heteroatoms. The molecule has 0 aliphatic carbocycles. The van der Waals surface area contributed by atoms with E-state index >= 15 is 0 Å². The van der Waals surface area contributed by atoms with Gasteiger partial charge in [0.2, 0.25) is 0 Å². The van der Waals surface area contributed by atoms with E-state index in [0.29, 0.717) is 12.1 Å². The van der Waals surface area contributed by atoms with E-state index in [-0.39, 0.29) is 19.2 Å². The normalized spacial score (nSPS) is 9.53. The SMILES string of the molecule is C=C(C)C(=O)OCCNC(=O)NCCCNC. The number of ether oxygens (including phenoxy) is 1. The Hall–Kier alpha value is -1.56. The Bertz CT molecular complexity index is 267. The topological polar surface area (TPSA) is 79.5 Å². The highest BCUT2D eigenvalue weighted by Crippen LogP contribution is 1.90. The molecule has 6 nitrogen and oxygen atoms in total. The van der Waals surface area contributed by atoms with Crippen LogP contribution in [0.25, 0.3) is 0 Å². The van der Waals surface area contributed by atoms with Gasteiger partial charge in [-0.15, -0.1) is 0 Å². The summed E-state index contributed by atoms with van der Waals surface area (Å²) in [4.78, 5) is 22.2. The standard InChI is InChI=1S/C11H21N3O3/c1-9(2)10(15)17-8-7-14-11(16)13-6-4-5-12-3/h12H,1,4-8H2,2-3H3,(H2,13,14,16). The smallest absolute Gasteiger partial charge is 0.333 e. The van der Waals surface area contributed by atoms with E-state index in [0.717, 1.165) is 13.0 Å². The van der Waals surface area contributed by atoms with E-state index in [9.17, 15) is 9.59 Å². The van der Waals surface area contributed by atoms with Gasteiger partial charge in [-0.25, -0.2) is 9.59 Å². The molecule has 17 heavy (non-hydrogen) atoms. The van der Waals surface area contributed by atoms with Crippen LogP contribution >= 0.6 is 0 Å². The molecule has 0 heterocycles. The van der Waals surface area contributed by atoms with Crippen molar-refractivity contribution in [1.29, 1.82) is 0 Å². The Morgan fingerprint density at radius 3 is 2.41 bits per heavy atom. The van der Waals surface area contributed by atoms with Crippen LogP contribution in [0.4, 0.5) is 4.79 Å². The Balaban J connectivity index is 3.39. The van der Waals surface area contributed by atoms with Crippen molar-refractivity contribution in [2.75, 3.05) is 33.3 Å². The predicted molar refractivity (Wildman–Crippen MR) is 65.7 cm³/mol. The molecule has 0 spiro atoms. The quantitative estimate of drug-likeness (QED) is 0.319. The third-order valence-electron chi connectivity index (χ3n) is 1.86. The first-order chi connectivity index (χ1) is 8.07. The highest BCUT2D eigenvalue weighted by molar-refractivity contribution is 5.86. The molecule has 0 aliphatic heterocycles. The van der Waals surface area contributed by atoms with E-state index < -0.39 is 5.97 Å². The summed E-state index contributed by atoms with van der Waals surface area (Å²) in [7, 11) is 1.86. The van der Waals surface area contributed by atoms with Gasteiger partial charge in [0.25, 0.3) is 0 Å². The number of hydrogen-bond donors (Lipinski definition) is 3. The van der Waals surface area contributed by atoms with Crippen LogP contribution in [0.2, 0.25) is 0 Å². The average Bonchev–Trinajstić information content (AvgIpc) is 2.29. The molecule has 0 bridgehead atoms. The fourth-order valence-electron chi connectivity index (χ4n) is 0.961. The molecule has 2 amide bonds. The Labute approximate surface area is 102 Å². The maximum Gasteiger partial charge on any atom is 0.333 e. The molecule has 0 rings (SSSR count). The first kappa shape index (κ1) is 15.4. The zero-order chi connectivity index (χ0) is 13.1. The van der Waals surface area contributed by atoms with Gasteiger partial charge < -0.3 is 20.7 Å². The van der Waals surface area contributed by atoms with Crippen molar-refractivity contribution in [2.24, 2.45) is 0 Å². The minimum Gasteiger partial charge on any atom is -0.460 e. The van der Waals surface area contributed by atoms with Gasteiger partial charge in [-0.3, -0.25) is 0 Å². The summed E-state index contributed by atoms with van der Waals surface area (Å²) < 4.78 is 4.81. The monoisotopic (exact) mass is 243 g/mol. The minimum atomic E-state index is -0.443. The molecular formula is C11H21N3O3. The maximum atomic E-state index is 11.2. The fraction of sp³-hybridized carbons (Fsp3) is 0.636. The Morgan fingerprint density at radius 1 is 1.18 bits per heavy atom. The van der Waals surface area contributed by atoms with Gasteiger partial charge in [-0.05, 0) is 26.9 Å². The molecule has 98 valence electrons. The third-order valence-corrected chi connectivity index (χ3v) is 1.86. The second-order valence-electron chi connectivity index (χ2n) is 3.56. The molecule has 0 fully saturated rings. The van der Waals surface area contributed by atoms with E-state index in [4.69, 9.17) is 4.74 Å². The second-order valence-corrected chi connectivity index (χ2v) is 3.56. The van der Waals surface area contributed by atoms with Crippen LogP contribution in [0, 0.1) is 0 Å². The maximum absolute atomic E-state index is 11.2. The largest absolute Gasteiger partial charge is 0.460 e. The lowest BCUT2D eigenvalue weighted by Gasteiger charge is -2.08. The van der Waals surface area contributed by atoms with Crippen LogP contribution < -0.4 is 16.0 Å². The van der Waals surface area contributed by atoms with Crippen LogP contribution in [0.1, 0.15) is 13.3 Å². The fourth-order valence-corrected chi connectivity index (χ4v) is 0.961. The summed E-state index contributed by atoms with van der Waals surface area (Å²) in [5, 5.41) is 8.24. The van der Waals surface area contributed by atoms with Crippen LogP contribution in [-0.2, 0) is 9.53 Å². The molecule has 0 aliphatic rings. The van der Waals surface area contributed by atoms with Gasteiger partial charge in [0.1, 0.15) is 6.61 Å².